The van der Waals surface area contributed by atoms with E-state index in [0.29, 0.717) is 0 Å². The molecule has 2 aromatic carbocycles. The number of rotatable bonds is 6. The highest BCUT2D eigenvalue weighted by Gasteiger charge is 2.18. The molecule has 7 heteroatoms. The number of nitrogens with one attached hydrogen (secondary N) is 2. The molecule has 0 aliphatic heterocycles. The Kier molecular flexibility index (Phi) is 5.56. The maximum absolute atomic E-state index is 13.6. The van der Waals surface area contributed by atoms with Crippen molar-refractivity contribution in [2.75, 3.05) is 4.72 Å². The van der Waals surface area contributed by atoms with Crippen LogP contribution in [0.1, 0.15) is 30.6 Å². The topological polar surface area (TPSA) is 75.3 Å². The Bertz CT molecular complexity index is 837. The zero-order valence-electron chi connectivity index (χ0n) is 13.4. The van der Waals surface area contributed by atoms with E-state index in [1.165, 1.54) is 42.5 Å². The third-order valence-electron chi connectivity index (χ3n) is 3.51. The van der Waals surface area contributed by atoms with Crippen LogP contribution in [0, 0.1) is 5.82 Å². The first kappa shape index (κ1) is 17.9. The fourth-order valence-corrected chi connectivity index (χ4v) is 3.07. The zero-order chi connectivity index (χ0) is 17.7. The first-order chi connectivity index (χ1) is 11.3. The Morgan fingerprint density at radius 2 is 1.88 bits per heavy atom. The summed E-state index contributed by atoms with van der Waals surface area (Å²) in [6, 6.07) is 11.1. The molecule has 24 heavy (non-hydrogen) atoms. The summed E-state index contributed by atoms with van der Waals surface area (Å²) in [4.78, 5) is 12.0. The van der Waals surface area contributed by atoms with Crippen molar-refractivity contribution in [2.24, 2.45) is 0 Å². The Balaban J connectivity index is 2.27. The maximum atomic E-state index is 13.6. The van der Waals surface area contributed by atoms with E-state index in [1.54, 1.807) is 0 Å². The lowest BCUT2D eigenvalue weighted by Crippen LogP contribution is -2.32. The first-order valence-electron chi connectivity index (χ1n) is 7.51. The van der Waals surface area contributed by atoms with E-state index >= 15 is 0 Å². The summed E-state index contributed by atoms with van der Waals surface area (Å²) >= 11 is 0. The van der Waals surface area contributed by atoms with Gasteiger partial charge in [0.05, 0.1) is 10.6 Å². The van der Waals surface area contributed by atoms with E-state index in [0.717, 1.165) is 12.5 Å². The van der Waals surface area contributed by atoms with Crippen molar-refractivity contribution >= 4 is 21.6 Å². The predicted molar refractivity (Wildman–Crippen MR) is 90.9 cm³/mol. The molecule has 0 fully saturated rings. The van der Waals surface area contributed by atoms with Crippen LogP contribution in [0.2, 0.25) is 0 Å². The van der Waals surface area contributed by atoms with E-state index in [2.05, 4.69) is 10.0 Å². The second kappa shape index (κ2) is 7.44. The van der Waals surface area contributed by atoms with E-state index < -0.39 is 15.8 Å². The van der Waals surface area contributed by atoms with E-state index in [4.69, 9.17) is 0 Å². The molecule has 0 saturated carbocycles. The lowest BCUT2D eigenvalue weighted by molar-refractivity contribution is 0.0939. The van der Waals surface area contributed by atoms with Crippen molar-refractivity contribution in [1.82, 2.24) is 5.32 Å². The van der Waals surface area contributed by atoms with Crippen molar-refractivity contribution in [2.45, 2.75) is 31.2 Å². The Labute approximate surface area is 141 Å². The number of hydrogen-bond acceptors (Lipinski definition) is 3. The maximum Gasteiger partial charge on any atom is 0.262 e. The number of halogens is 1. The van der Waals surface area contributed by atoms with Crippen LogP contribution in [0.3, 0.4) is 0 Å². The van der Waals surface area contributed by atoms with E-state index in [1.807, 2.05) is 13.8 Å². The van der Waals surface area contributed by atoms with Gasteiger partial charge in [-0.25, -0.2) is 12.8 Å². The van der Waals surface area contributed by atoms with Crippen LogP contribution in [0.25, 0.3) is 0 Å². The molecular weight excluding hydrogens is 331 g/mol. The van der Waals surface area contributed by atoms with Gasteiger partial charge in [-0.3, -0.25) is 9.52 Å². The normalized spacial score (nSPS) is 12.5. The fourth-order valence-electron chi connectivity index (χ4n) is 1.96. The van der Waals surface area contributed by atoms with Crippen molar-refractivity contribution in [3.05, 3.63) is 59.9 Å². The van der Waals surface area contributed by atoms with Gasteiger partial charge in [-0.05, 0) is 43.7 Å². The van der Waals surface area contributed by atoms with Crippen LogP contribution < -0.4 is 10.0 Å². The van der Waals surface area contributed by atoms with Gasteiger partial charge in [-0.1, -0.05) is 25.1 Å². The quantitative estimate of drug-likeness (QED) is 0.840. The SMILES string of the molecule is CCC(C)NC(=O)c1cccc(S(=O)(=O)Nc2ccccc2F)c1. The molecule has 0 spiro atoms. The van der Waals surface area contributed by atoms with Gasteiger partial charge in [0.2, 0.25) is 0 Å². The number of sulfonamides is 1. The van der Waals surface area contributed by atoms with Crippen molar-refractivity contribution in [1.29, 1.82) is 0 Å². The minimum absolute atomic E-state index is 0.0192. The summed E-state index contributed by atoms with van der Waals surface area (Å²) in [6.45, 7) is 3.79. The molecule has 2 N–H and O–H groups in total. The monoisotopic (exact) mass is 350 g/mol. The summed E-state index contributed by atoms with van der Waals surface area (Å²) in [5.74, 6) is -1.03. The van der Waals surface area contributed by atoms with Crippen LogP contribution in [0.5, 0.6) is 0 Å². The molecule has 1 amide bonds. The number of anilines is 1. The molecule has 2 aromatic rings. The molecule has 128 valence electrons. The van der Waals surface area contributed by atoms with Gasteiger partial charge >= 0.3 is 0 Å². The highest BCUT2D eigenvalue weighted by Crippen LogP contribution is 2.19. The summed E-state index contributed by atoms with van der Waals surface area (Å²) in [6.07, 6.45) is 0.762. The molecule has 0 radical (unpaired) electrons. The minimum atomic E-state index is -4.00. The molecule has 0 saturated heterocycles. The largest absolute Gasteiger partial charge is 0.350 e. The third kappa shape index (κ3) is 4.32. The lowest BCUT2D eigenvalue weighted by atomic mass is 10.2. The highest BCUT2D eigenvalue weighted by molar-refractivity contribution is 7.92. The van der Waals surface area contributed by atoms with Crippen LogP contribution in [-0.4, -0.2) is 20.4 Å². The van der Waals surface area contributed by atoms with Crippen LogP contribution in [-0.2, 0) is 10.0 Å². The molecular formula is C17H19FN2O3S. The van der Waals surface area contributed by atoms with Gasteiger partial charge in [0.25, 0.3) is 15.9 Å². The van der Waals surface area contributed by atoms with Crippen molar-refractivity contribution in [3.63, 3.8) is 0 Å². The number of hydrogen-bond donors (Lipinski definition) is 2. The first-order valence-corrected chi connectivity index (χ1v) is 9.00. The van der Waals surface area contributed by atoms with Gasteiger partial charge in [0.15, 0.2) is 0 Å². The van der Waals surface area contributed by atoms with Crippen LogP contribution in [0.4, 0.5) is 10.1 Å². The number of benzene rings is 2. The van der Waals surface area contributed by atoms with Gasteiger partial charge in [0.1, 0.15) is 5.82 Å². The average Bonchev–Trinajstić information content (AvgIpc) is 2.56. The molecule has 0 aliphatic rings. The predicted octanol–water partition coefficient (Wildman–Crippen LogP) is 3.15. The molecule has 1 atom stereocenters. The highest BCUT2D eigenvalue weighted by atomic mass is 32.2. The molecule has 5 nitrogen and oxygen atoms in total. The second-order valence-corrected chi connectivity index (χ2v) is 7.08. The lowest BCUT2D eigenvalue weighted by Gasteiger charge is -2.13. The fraction of sp³-hybridized carbons (Fsp3) is 0.235. The summed E-state index contributed by atoms with van der Waals surface area (Å²) in [5, 5.41) is 2.77. The molecule has 2 rings (SSSR count). The molecule has 0 bridgehead atoms. The van der Waals surface area contributed by atoms with Gasteiger partial charge < -0.3 is 5.32 Å². The van der Waals surface area contributed by atoms with E-state index in [-0.39, 0.29) is 28.1 Å². The summed E-state index contributed by atoms with van der Waals surface area (Å²) in [5.41, 5.74) is 0.0821. The Morgan fingerprint density at radius 3 is 2.54 bits per heavy atom. The Morgan fingerprint density at radius 1 is 1.17 bits per heavy atom. The van der Waals surface area contributed by atoms with Gasteiger partial charge in [0, 0.05) is 11.6 Å². The summed E-state index contributed by atoms with van der Waals surface area (Å²) < 4.78 is 40.6. The molecule has 0 heterocycles. The number of carbonyl (C=O) groups excluding carboxylic acids is 1. The second-order valence-electron chi connectivity index (χ2n) is 5.40. The van der Waals surface area contributed by atoms with Crippen LogP contribution in [0.15, 0.2) is 53.4 Å². The zero-order valence-corrected chi connectivity index (χ0v) is 14.2. The molecule has 0 aliphatic carbocycles. The van der Waals surface area contributed by atoms with Gasteiger partial charge in [-0.2, -0.15) is 0 Å². The Hall–Kier alpha value is -2.41. The summed E-state index contributed by atoms with van der Waals surface area (Å²) in [7, 11) is -4.00. The number of carbonyl (C=O) groups is 1. The minimum Gasteiger partial charge on any atom is -0.350 e. The van der Waals surface area contributed by atoms with Crippen LogP contribution >= 0.6 is 0 Å². The van der Waals surface area contributed by atoms with Gasteiger partial charge in [-0.15, -0.1) is 0 Å². The molecule has 1 unspecified atom stereocenters. The van der Waals surface area contributed by atoms with Crippen molar-refractivity contribution < 1.29 is 17.6 Å². The average molecular weight is 350 g/mol. The number of amides is 1. The standard InChI is InChI=1S/C17H19FN2O3S/c1-3-12(2)19-17(21)13-7-6-8-14(11-13)24(22,23)20-16-10-5-4-9-15(16)18/h4-12,20H,3H2,1-2H3,(H,19,21). The van der Waals surface area contributed by atoms with Crippen molar-refractivity contribution in [3.8, 4) is 0 Å². The van der Waals surface area contributed by atoms with E-state index in [9.17, 15) is 17.6 Å². The third-order valence-corrected chi connectivity index (χ3v) is 4.88. The molecule has 0 aromatic heterocycles. The smallest absolute Gasteiger partial charge is 0.262 e. The number of para-hydroxylation sites is 1.